The zero-order valence-electron chi connectivity index (χ0n) is 20.6. The summed E-state index contributed by atoms with van der Waals surface area (Å²) in [6, 6.07) is 20.7. The van der Waals surface area contributed by atoms with Gasteiger partial charge in [0.25, 0.3) is 5.69 Å². The zero-order chi connectivity index (χ0) is 27.1. The average molecular weight is 533 g/mol. The number of non-ortho nitro benzene ring substituents is 1. The van der Waals surface area contributed by atoms with Gasteiger partial charge in [-0.1, -0.05) is 18.3 Å². The lowest BCUT2D eigenvalue weighted by molar-refractivity contribution is -0.384. The summed E-state index contributed by atoms with van der Waals surface area (Å²) in [7, 11) is 3.20. The second-order valence-electron chi connectivity index (χ2n) is 7.81. The Morgan fingerprint density at radius 3 is 2.13 bits per heavy atom. The number of aromatic nitrogens is 3. The number of nitrogens with zero attached hydrogens (tertiary/aromatic N) is 4. The first-order valence-electron chi connectivity index (χ1n) is 11.2. The summed E-state index contributed by atoms with van der Waals surface area (Å²) in [6.07, 6.45) is 0. The lowest BCUT2D eigenvalue weighted by Crippen LogP contribution is -2.37. The van der Waals surface area contributed by atoms with E-state index < -0.39 is 4.92 Å². The number of hydrogen-bond acceptors (Lipinski definition) is 9. The lowest BCUT2D eigenvalue weighted by atomic mass is 10.1. The molecular formula is C26H24N6O5S. The van der Waals surface area contributed by atoms with E-state index in [2.05, 4.69) is 27.6 Å². The van der Waals surface area contributed by atoms with Crippen LogP contribution in [0, 0.1) is 10.1 Å². The molecular weight excluding hydrogens is 508 g/mol. The largest absolute Gasteiger partial charge is 0.497 e. The van der Waals surface area contributed by atoms with Crippen molar-refractivity contribution in [2.45, 2.75) is 5.16 Å². The summed E-state index contributed by atoms with van der Waals surface area (Å²) >= 11 is 1.21. The standard InChI is InChI=1S/C26H24N6O5S/c1-17(18-4-8-21(9-5-18)32(34)35)27-28-24(33)16-38-26-30-29-25(19-6-12-22(36-2)13-7-19)31(26)20-10-14-23(37-3)15-11-20/h4-15,27H,1,16H2,2-3H3,(H,28,33). The SMILES string of the molecule is C=C(NNC(=O)CSc1nnc(-c2ccc(OC)cc2)n1-c1ccc(OC)cc1)c1ccc([N+](=O)[O-])cc1. The number of nitrogens with one attached hydrogen (secondary N) is 2. The van der Waals surface area contributed by atoms with E-state index >= 15 is 0 Å². The van der Waals surface area contributed by atoms with Crippen molar-refractivity contribution in [3.63, 3.8) is 0 Å². The Hall–Kier alpha value is -4.84. The highest BCUT2D eigenvalue weighted by atomic mass is 32.2. The fourth-order valence-corrected chi connectivity index (χ4v) is 4.17. The van der Waals surface area contributed by atoms with Gasteiger partial charge in [0.15, 0.2) is 11.0 Å². The smallest absolute Gasteiger partial charge is 0.269 e. The van der Waals surface area contributed by atoms with Crippen molar-refractivity contribution >= 4 is 29.1 Å². The minimum absolute atomic E-state index is 0.0306. The lowest BCUT2D eigenvalue weighted by Gasteiger charge is -2.13. The number of ether oxygens (including phenoxy) is 2. The van der Waals surface area contributed by atoms with Crippen LogP contribution >= 0.6 is 11.8 Å². The van der Waals surface area contributed by atoms with Gasteiger partial charge in [0.05, 0.1) is 30.6 Å². The molecule has 0 aliphatic heterocycles. The van der Waals surface area contributed by atoms with Crippen LogP contribution in [-0.4, -0.2) is 45.6 Å². The van der Waals surface area contributed by atoms with Gasteiger partial charge < -0.3 is 9.47 Å². The molecule has 4 aromatic rings. The van der Waals surface area contributed by atoms with E-state index in [-0.39, 0.29) is 17.3 Å². The van der Waals surface area contributed by atoms with Crippen LogP contribution in [0.15, 0.2) is 84.5 Å². The fourth-order valence-electron chi connectivity index (χ4n) is 3.42. The molecule has 1 heterocycles. The number of amides is 1. The number of carbonyl (C=O) groups excluding carboxylic acids is 1. The Balaban J connectivity index is 1.47. The average Bonchev–Trinajstić information content (AvgIpc) is 3.38. The quantitative estimate of drug-likeness (QED) is 0.165. The van der Waals surface area contributed by atoms with E-state index in [1.165, 1.54) is 23.9 Å². The first kappa shape index (κ1) is 26.2. The van der Waals surface area contributed by atoms with Crippen LogP contribution in [0.5, 0.6) is 11.5 Å². The number of benzene rings is 3. The van der Waals surface area contributed by atoms with E-state index in [0.717, 1.165) is 17.0 Å². The van der Waals surface area contributed by atoms with Crippen LogP contribution in [0.1, 0.15) is 5.56 Å². The highest BCUT2D eigenvalue weighted by Crippen LogP contribution is 2.29. The molecule has 0 aliphatic carbocycles. The Morgan fingerprint density at radius 2 is 1.55 bits per heavy atom. The fraction of sp³-hybridized carbons (Fsp3) is 0.115. The van der Waals surface area contributed by atoms with Crippen molar-refractivity contribution in [3.05, 3.63) is 95.1 Å². The second kappa shape index (κ2) is 11.9. The van der Waals surface area contributed by atoms with Crippen LogP contribution < -0.4 is 20.3 Å². The number of carbonyl (C=O) groups is 1. The maximum atomic E-state index is 12.6. The summed E-state index contributed by atoms with van der Waals surface area (Å²) in [5, 5.41) is 20.1. The van der Waals surface area contributed by atoms with Crippen LogP contribution in [0.25, 0.3) is 22.8 Å². The van der Waals surface area contributed by atoms with Gasteiger partial charge in [-0.15, -0.1) is 10.2 Å². The van der Waals surface area contributed by atoms with Crippen molar-refractivity contribution in [1.82, 2.24) is 25.6 Å². The molecule has 3 aromatic carbocycles. The van der Waals surface area contributed by atoms with E-state index in [0.29, 0.717) is 28.0 Å². The molecule has 1 amide bonds. The van der Waals surface area contributed by atoms with Gasteiger partial charge in [0.2, 0.25) is 5.91 Å². The monoisotopic (exact) mass is 532 g/mol. The molecule has 0 bridgehead atoms. The number of rotatable bonds is 11. The third kappa shape index (κ3) is 6.10. The second-order valence-corrected chi connectivity index (χ2v) is 8.76. The van der Waals surface area contributed by atoms with Crippen molar-refractivity contribution in [2.75, 3.05) is 20.0 Å². The molecule has 38 heavy (non-hydrogen) atoms. The summed E-state index contributed by atoms with van der Waals surface area (Å²) in [5.74, 6) is 1.75. The summed E-state index contributed by atoms with van der Waals surface area (Å²) in [6.45, 7) is 3.86. The van der Waals surface area contributed by atoms with Gasteiger partial charge in [0, 0.05) is 23.4 Å². The molecule has 0 unspecified atom stereocenters. The number of hydrogen-bond donors (Lipinski definition) is 2. The van der Waals surface area contributed by atoms with E-state index in [1.807, 2.05) is 53.1 Å². The van der Waals surface area contributed by atoms with E-state index in [4.69, 9.17) is 9.47 Å². The Labute approximate surface area is 222 Å². The predicted octanol–water partition coefficient (Wildman–Crippen LogP) is 4.24. The molecule has 11 nitrogen and oxygen atoms in total. The molecule has 194 valence electrons. The minimum atomic E-state index is -0.482. The molecule has 0 aliphatic rings. The third-order valence-electron chi connectivity index (χ3n) is 5.42. The highest BCUT2D eigenvalue weighted by Gasteiger charge is 2.18. The first-order chi connectivity index (χ1) is 18.4. The molecule has 0 saturated carbocycles. The van der Waals surface area contributed by atoms with Gasteiger partial charge in [0.1, 0.15) is 11.5 Å². The van der Waals surface area contributed by atoms with Crippen molar-refractivity contribution in [3.8, 4) is 28.6 Å². The highest BCUT2D eigenvalue weighted by molar-refractivity contribution is 7.99. The van der Waals surface area contributed by atoms with E-state index in [9.17, 15) is 14.9 Å². The Bertz CT molecular complexity index is 1440. The number of thioether (sulfide) groups is 1. The van der Waals surface area contributed by atoms with Gasteiger partial charge in [-0.25, -0.2) is 0 Å². The minimum Gasteiger partial charge on any atom is -0.497 e. The number of nitro benzene ring substituents is 1. The molecule has 0 radical (unpaired) electrons. The summed E-state index contributed by atoms with van der Waals surface area (Å²) < 4.78 is 12.4. The summed E-state index contributed by atoms with van der Waals surface area (Å²) in [4.78, 5) is 22.9. The molecule has 0 fully saturated rings. The van der Waals surface area contributed by atoms with Crippen LogP contribution in [0.4, 0.5) is 5.69 Å². The predicted molar refractivity (Wildman–Crippen MR) is 144 cm³/mol. The van der Waals surface area contributed by atoms with Crippen molar-refractivity contribution in [2.24, 2.45) is 0 Å². The maximum absolute atomic E-state index is 12.6. The maximum Gasteiger partial charge on any atom is 0.269 e. The molecule has 2 N–H and O–H groups in total. The zero-order valence-corrected chi connectivity index (χ0v) is 21.4. The van der Waals surface area contributed by atoms with Gasteiger partial charge >= 0.3 is 0 Å². The van der Waals surface area contributed by atoms with Gasteiger partial charge in [-0.05, 0) is 66.2 Å². The third-order valence-corrected chi connectivity index (χ3v) is 6.35. The van der Waals surface area contributed by atoms with Gasteiger partial charge in [-0.2, -0.15) is 0 Å². The molecule has 0 saturated heterocycles. The number of hydrazine groups is 1. The topological polar surface area (TPSA) is 133 Å². The molecule has 0 spiro atoms. The molecule has 12 heteroatoms. The Morgan fingerprint density at radius 1 is 0.947 bits per heavy atom. The molecule has 0 atom stereocenters. The van der Waals surface area contributed by atoms with Crippen molar-refractivity contribution in [1.29, 1.82) is 0 Å². The van der Waals surface area contributed by atoms with Crippen LogP contribution in [0.3, 0.4) is 0 Å². The van der Waals surface area contributed by atoms with Gasteiger partial charge in [-0.3, -0.25) is 30.3 Å². The first-order valence-corrected chi connectivity index (χ1v) is 12.2. The van der Waals surface area contributed by atoms with Crippen LogP contribution in [0.2, 0.25) is 0 Å². The number of methoxy groups -OCH3 is 2. The van der Waals surface area contributed by atoms with Crippen molar-refractivity contribution < 1.29 is 19.2 Å². The normalized spacial score (nSPS) is 10.5. The summed E-state index contributed by atoms with van der Waals surface area (Å²) in [5.41, 5.74) is 7.91. The Kier molecular flexibility index (Phi) is 8.23. The molecule has 4 rings (SSSR count). The molecule has 1 aromatic heterocycles. The number of nitro groups is 1. The van der Waals surface area contributed by atoms with E-state index in [1.54, 1.807) is 26.4 Å². The van der Waals surface area contributed by atoms with Crippen LogP contribution in [-0.2, 0) is 4.79 Å².